The van der Waals surface area contributed by atoms with Crippen molar-refractivity contribution in [1.29, 1.82) is 0 Å². The molecule has 0 aliphatic carbocycles. The molecular weight excluding hydrogens is 452 g/mol. The van der Waals surface area contributed by atoms with Gasteiger partial charge in [0.2, 0.25) is 0 Å². The maximum absolute atomic E-state index is 12.2. The van der Waals surface area contributed by atoms with Crippen molar-refractivity contribution in [2.24, 2.45) is 5.73 Å². The number of anilines is 1. The smallest absolute Gasteiger partial charge is 0.316 e. The number of benzene rings is 1. The van der Waals surface area contributed by atoms with E-state index in [-0.39, 0.29) is 17.4 Å². The number of amides is 1. The Morgan fingerprint density at radius 1 is 1.15 bits per heavy atom. The minimum absolute atomic E-state index is 0.0303. The first-order valence-corrected chi connectivity index (χ1v) is 11.3. The summed E-state index contributed by atoms with van der Waals surface area (Å²) in [5.41, 5.74) is 16.3. The molecule has 5 rings (SSSR count). The van der Waals surface area contributed by atoms with Gasteiger partial charge in [0, 0.05) is 35.1 Å². The van der Waals surface area contributed by atoms with Crippen molar-refractivity contribution in [3.63, 3.8) is 0 Å². The monoisotopic (exact) mass is 472 g/mol. The van der Waals surface area contributed by atoms with Gasteiger partial charge in [-0.3, -0.25) is 9.89 Å². The second-order valence-corrected chi connectivity index (χ2v) is 8.50. The van der Waals surface area contributed by atoms with Crippen LogP contribution in [0.4, 0.5) is 5.69 Å². The molecule has 0 spiro atoms. The van der Waals surface area contributed by atoms with E-state index in [1.165, 1.54) is 0 Å². The fourth-order valence-electron chi connectivity index (χ4n) is 3.72. The van der Waals surface area contributed by atoms with Crippen molar-refractivity contribution in [2.45, 2.75) is 13.3 Å². The van der Waals surface area contributed by atoms with Crippen LogP contribution in [0.2, 0.25) is 0 Å². The molecule has 1 aromatic carbocycles. The Hall–Kier alpha value is -4.38. The summed E-state index contributed by atoms with van der Waals surface area (Å²) in [6.45, 7) is 2.34. The lowest BCUT2D eigenvalue weighted by Gasteiger charge is -2.15. The summed E-state index contributed by atoms with van der Waals surface area (Å²) in [5.74, 6) is -0.730. The number of thiazole rings is 1. The molecule has 0 saturated carbocycles. The minimum Gasteiger partial charge on any atom is -0.463 e. The number of aryl methyl sites for hydroxylation is 1. The van der Waals surface area contributed by atoms with E-state index in [1.54, 1.807) is 42.1 Å². The molecule has 10 nitrogen and oxygen atoms in total. The number of fused-ring (bicyclic) bond motifs is 1. The molecule has 34 heavy (non-hydrogen) atoms. The molecular formula is C23H20N8O2S. The summed E-state index contributed by atoms with van der Waals surface area (Å²) in [7, 11) is 0. The van der Waals surface area contributed by atoms with Crippen LogP contribution in [0.5, 0.6) is 6.01 Å². The number of nitrogens with one attached hydrogen (secondary N) is 1. The number of nitrogen functional groups attached to an aromatic ring is 1. The second kappa shape index (κ2) is 8.87. The number of carbonyl (C=O) groups excluding carboxylic acids is 1. The van der Waals surface area contributed by atoms with Crippen LogP contribution in [-0.4, -0.2) is 42.6 Å². The molecule has 4 heterocycles. The fourth-order valence-corrected chi connectivity index (χ4v) is 4.33. The highest BCUT2D eigenvalue weighted by atomic mass is 32.1. The first-order valence-electron chi connectivity index (χ1n) is 10.4. The Bertz CT molecular complexity index is 1500. The predicted octanol–water partition coefficient (Wildman–Crippen LogP) is 3.15. The standard InChI is InChI=1S/C23H20N8O2S/c1-12-2-3-15-14(11-28-31-15)19(12)13-10-17(29-21(20(13)24)22(25)32)16-4-6-27-23(30-16)33-8-5-18-26-7-9-34-18/h2-4,6-7,9-11H,5,8,24H2,1H3,(H2,25,32)(H,28,31). The van der Waals surface area contributed by atoms with Gasteiger partial charge in [0.1, 0.15) is 0 Å². The number of carbonyl (C=O) groups is 1. The van der Waals surface area contributed by atoms with Crippen LogP contribution < -0.4 is 16.2 Å². The van der Waals surface area contributed by atoms with E-state index < -0.39 is 5.91 Å². The van der Waals surface area contributed by atoms with Gasteiger partial charge in [-0.05, 0) is 36.2 Å². The van der Waals surface area contributed by atoms with Crippen LogP contribution in [0.1, 0.15) is 21.1 Å². The molecule has 0 unspecified atom stereocenters. The van der Waals surface area contributed by atoms with Crippen LogP contribution >= 0.6 is 11.3 Å². The lowest BCUT2D eigenvalue weighted by molar-refractivity contribution is 0.0996. The van der Waals surface area contributed by atoms with Gasteiger partial charge < -0.3 is 16.2 Å². The van der Waals surface area contributed by atoms with E-state index >= 15 is 0 Å². The first kappa shape index (κ1) is 21.5. The lowest BCUT2D eigenvalue weighted by atomic mass is 9.94. The van der Waals surface area contributed by atoms with Gasteiger partial charge in [-0.15, -0.1) is 11.3 Å². The number of nitrogens with two attached hydrogens (primary N) is 2. The maximum Gasteiger partial charge on any atom is 0.316 e. The maximum atomic E-state index is 12.2. The number of nitrogens with zero attached hydrogens (tertiary/aromatic N) is 5. The predicted molar refractivity (Wildman–Crippen MR) is 129 cm³/mol. The van der Waals surface area contributed by atoms with Gasteiger partial charge in [0.25, 0.3) is 5.91 Å². The number of pyridine rings is 1. The highest BCUT2D eigenvalue weighted by Crippen LogP contribution is 2.37. The number of rotatable bonds is 7. The molecule has 0 radical (unpaired) electrons. The number of ether oxygens (including phenoxy) is 1. The average molecular weight is 473 g/mol. The zero-order valence-electron chi connectivity index (χ0n) is 18.1. The SMILES string of the molecule is Cc1ccc2[nH]ncc2c1-c1cc(-c2ccnc(OCCc3nccs3)n2)nc(C(N)=O)c1N. The van der Waals surface area contributed by atoms with Gasteiger partial charge in [-0.25, -0.2) is 15.0 Å². The van der Waals surface area contributed by atoms with Crippen molar-refractivity contribution < 1.29 is 9.53 Å². The average Bonchev–Trinajstić information content (AvgIpc) is 3.52. The topological polar surface area (TPSA) is 159 Å². The zero-order valence-corrected chi connectivity index (χ0v) is 19.0. The summed E-state index contributed by atoms with van der Waals surface area (Å²) in [6.07, 6.45) is 5.70. The molecule has 5 N–H and O–H groups in total. The van der Waals surface area contributed by atoms with Gasteiger partial charge in [-0.1, -0.05) is 6.07 Å². The quantitative estimate of drug-likeness (QED) is 0.326. The summed E-state index contributed by atoms with van der Waals surface area (Å²) < 4.78 is 5.71. The first-order chi connectivity index (χ1) is 16.5. The molecule has 4 aromatic heterocycles. The number of hydrogen-bond donors (Lipinski definition) is 3. The van der Waals surface area contributed by atoms with Crippen molar-refractivity contribution in [2.75, 3.05) is 12.3 Å². The van der Waals surface area contributed by atoms with Crippen molar-refractivity contribution in [3.05, 3.63) is 64.5 Å². The van der Waals surface area contributed by atoms with Crippen LogP contribution in [0.3, 0.4) is 0 Å². The molecule has 0 atom stereocenters. The molecule has 0 saturated heterocycles. The highest BCUT2D eigenvalue weighted by Gasteiger charge is 2.20. The second-order valence-electron chi connectivity index (χ2n) is 7.52. The van der Waals surface area contributed by atoms with Crippen molar-refractivity contribution in [3.8, 4) is 28.5 Å². The third-order valence-corrected chi connectivity index (χ3v) is 6.16. The van der Waals surface area contributed by atoms with Gasteiger partial charge in [-0.2, -0.15) is 10.1 Å². The molecule has 0 aliphatic rings. The molecule has 0 fully saturated rings. The van der Waals surface area contributed by atoms with Crippen molar-refractivity contribution >= 4 is 33.8 Å². The van der Waals surface area contributed by atoms with E-state index in [0.717, 1.165) is 27.0 Å². The van der Waals surface area contributed by atoms with Crippen LogP contribution in [0.25, 0.3) is 33.4 Å². The summed E-state index contributed by atoms with van der Waals surface area (Å²) >= 11 is 1.56. The fraction of sp³-hybridized carbons (Fsp3) is 0.130. The number of H-pyrrole nitrogens is 1. The molecule has 0 aliphatic heterocycles. The van der Waals surface area contributed by atoms with E-state index in [4.69, 9.17) is 16.2 Å². The van der Waals surface area contributed by atoms with Crippen LogP contribution in [-0.2, 0) is 6.42 Å². The zero-order chi connectivity index (χ0) is 23.7. The number of aromatic amines is 1. The van der Waals surface area contributed by atoms with E-state index in [9.17, 15) is 4.79 Å². The van der Waals surface area contributed by atoms with Crippen LogP contribution in [0.15, 0.2) is 48.2 Å². The Morgan fingerprint density at radius 2 is 2.03 bits per heavy atom. The third kappa shape index (κ3) is 4.04. The van der Waals surface area contributed by atoms with Gasteiger partial charge in [0.15, 0.2) is 5.69 Å². The molecule has 11 heteroatoms. The Kier molecular flexibility index (Phi) is 5.60. The Morgan fingerprint density at radius 3 is 2.82 bits per heavy atom. The Balaban J connectivity index is 1.56. The number of primary amides is 1. The third-order valence-electron chi connectivity index (χ3n) is 5.32. The minimum atomic E-state index is -0.730. The van der Waals surface area contributed by atoms with Crippen molar-refractivity contribution in [1.82, 2.24) is 30.1 Å². The summed E-state index contributed by atoms with van der Waals surface area (Å²) in [4.78, 5) is 29.5. The van der Waals surface area contributed by atoms with Gasteiger partial charge >= 0.3 is 6.01 Å². The lowest BCUT2D eigenvalue weighted by Crippen LogP contribution is -2.17. The van der Waals surface area contributed by atoms with E-state index in [0.29, 0.717) is 30.0 Å². The normalized spacial score (nSPS) is 11.1. The van der Waals surface area contributed by atoms with E-state index in [1.807, 2.05) is 24.4 Å². The molecule has 0 bridgehead atoms. The molecule has 170 valence electrons. The number of aromatic nitrogens is 6. The number of hydrogen-bond acceptors (Lipinski definition) is 9. The highest BCUT2D eigenvalue weighted by molar-refractivity contribution is 7.09. The molecule has 5 aromatic rings. The largest absolute Gasteiger partial charge is 0.463 e. The molecule has 1 amide bonds. The van der Waals surface area contributed by atoms with Crippen LogP contribution in [0, 0.1) is 6.92 Å². The van der Waals surface area contributed by atoms with Gasteiger partial charge in [0.05, 0.1) is 40.4 Å². The Labute approximate surface area is 198 Å². The summed E-state index contributed by atoms with van der Waals surface area (Å²) in [6, 6.07) is 7.57. The summed E-state index contributed by atoms with van der Waals surface area (Å²) in [5, 5.41) is 10.9. The van der Waals surface area contributed by atoms with E-state index in [2.05, 4.69) is 30.1 Å².